The van der Waals surface area contributed by atoms with Crippen LogP contribution in [-0.2, 0) is 0 Å². The van der Waals surface area contributed by atoms with Crippen LogP contribution in [0.2, 0.25) is 0 Å². The highest BCUT2D eigenvalue weighted by molar-refractivity contribution is 5.46. The maximum Gasteiger partial charge on any atom is 0.0627 e. The van der Waals surface area contributed by atoms with Crippen molar-refractivity contribution in [3.05, 3.63) is 24.0 Å². The number of anilines is 1. The minimum Gasteiger partial charge on any atom is -0.398 e. The molecule has 66 valence electrons. The lowest BCUT2D eigenvalue weighted by Gasteiger charge is -2.14. The molecule has 1 aromatic heterocycles. The normalized spacial score (nSPS) is 12.8. The molecule has 1 atom stereocenters. The number of aliphatic hydroxyl groups excluding tert-OH is 1. The lowest BCUT2D eigenvalue weighted by atomic mass is 10.1. The number of pyridine rings is 1. The van der Waals surface area contributed by atoms with Crippen LogP contribution in [0.1, 0.15) is 11.6 Å². The second-order valence-corrected chi connectivity index (χ2v) is 2.53. The van der Waals surface area contributed by atoms with Gasteiger partial charge in [-0.2, -0.15) is 0 Å². The number of rotatable bonds is 3. The molecule has 0 fully saturated rings. The monoisotopic (exact) mass is 167 g/mol. The zero-order valence-corrected chi connectivity index (χ0v) is 6.99. The van der Waals surface area contributed by atoms with Crippen LogP contribution in [0.25, 0.3) is 0 Å². The molecule has 12 heavy (non-hydrogen) atoms. The molecule has 4 heteroatoms. The summed E-state index contributed by atoms with van der Waals surface area (Å²) in [5.41, 5.74) is 7.17. The van der Waals surface area contributed by atoms with E-state index in [-0.39, 0.29) is 12.6 Å². The van der Waals surface area contributed by atoms with E-state index < -0.39 is 0 Å². The maximum atomic E-state index is 8.96. The second-order valence-electron chi connectivity index (χ2n) is 2.53. The first-order valence-electron chi connectivity index (χ1n) is 3.77. The largest absolute Gasteiger partial charge is 0.398 e. The average molecular weight is 167 g/mol. The summed E-state index contributed by atoms with van der Waals surface area (Å²) >= 11 is 0. The van der Waals surface area contributed by atoms with Crippen molar-refractivity contribution in [2.75, 3.05) is 19.4 Å². The van der Waals surface area contributed by atoms with Crippen molar-refractivity contribution in [1.29, 1.82) is 0 Å². The summed E-state index contributed by atoms with van der Waals surface area (Å²) in [5, 5.41) is 11.9. The summed E-state index contributed by atoms with van der Waals surface area (Å²) in [7, 11) is 1.77. The van der Waals surface area contributed by atoms with Gasteiger partial charge in [0.25, 0.3) is 0 Å². The summed E-state index contributed by atoms with van der Waals surface area (Å²) < 4.78 is 0. The number of aromatic nitrogens is 1. The third kappa shape index (κ3) is 1.72. The summed E-state index contributed by atoms with van der Waals surface area (Å²) in [5.74, 6) is 0. The number of likely N-dealkylation sites (N-methyl/N-ethyl adjacent to an activating group) is 1. The third-order valence-electron chi connectivity index (χ3n) is 1.79. The van der Waals surface area contributed by atoms with Gasteiger partial charge in [-0.25, -0.2) is 0 Å². The highest BCUT2D eigenvalue weighted by Gasteiger charge is 2.09. The number of nitrogens with two attached hydrogens (primary N) is 1. The van der Waals surface area contributed by atoms with Crippen LogP contribution >= 0.6 is 0 Å². The lowest BCUT2D eigenvalue weighted by Crippen LogP contribution is -2.21. The molecule has 0 unspecified atom stereocenters. The van der Waals surface area contributed by atoms with Gasteiger partial charge in [0.05, 0.1) is 12.6 Å². The standard InChI is InChI=1S/C8H13N3O/c1-10-8(5-12)6-4-11-3-2-7(6)9/h2-4,8,10,12H,5H2,1H3,(H2,9,11)/t8-/m1/s1. The number of nitrogen functional groups attached to an aromatic ring is 1. The molecule has 4 nitrogen and oxygen atoms in total. The van der Waals surface area contributed by atoms with E-state index >= 15 is 0 Å². The summed E-state index contributed by atoms with van der Waals surface area (Å²) in [6.45, 7) is 0.0202. The number of nitrogens with one attached hydrogen (secondary N) is 1. The van der Waals surface area contributed by atoms with E-state index in [2.05, 4.69) is 10.3 Å². The van der Waals surface area contributed by atoms with Crippen LogP contribution in [0.15, 0.2) is 18.5 Å². The SMILES string of the molecule is CN[C@H](CO)c1cnccc1N. The topological polar surface area (TPSA) is 71.2 Å². The van der Waals surface area contributed by atoms with Gasteiger partial charge >= 0.3 is 0 Å². The lowest BCUT2D eigenvalue weighted by molar-refractivity contribution is 0.251. The zero-order chi connectivity index (χ0) is 8.97. The van der Waals surface area contributed by atoms with E-state index in [4.69, 9.17) is 10.8 Å². The van der Waals surface area contributed by atoms with E-state index in [1.54, 1.807) is 25.5 Å². The quantitative estimate of drug-likeness (QED) is 0.588. The van der Waals surface area contributed by atoms with Crippen molar-refractivity contribution in [1.82, 2.24) is 10.3 Å². The van der Waals surface area contributed by atoms with Gasteiger partial charge in [-0.3, -0.25) is 4.98 Å². The van der Waals surface area contributed by atoms with Crippen molar-refractivity contribution in [3.63, 3.8) is 0 Å². The van der Waals surface area contributed by atoms with Crippen LogP contribution in [0, 0.1) is 0 Å². The van der Waals surface area contributed by atoms with Crippen LogP contribution in [0.5, 0.6) is 0 Å². The molecule has 0 saturated carbocycles. The molecule has 0 aliphatic carbocycles. The van der Waals surface area contributed by atoms with Gasteiger partial charge in [0, 0.05) is 23.6 Å². The first kappa shape index (κ1) is 8.96. The van der Waals surface area contributed by atoms with E-state index in [9.17, 15) is 0 Å². The Morgan fingerprint density at radius 1 is 1.75 bits per heavy atom. The molecule has 0 radical (unpaired) electrons. The van der Waals surface area contributed by atoms with E-state index in [1.807, 2.05) is 0 Å². The Kier molecular flexibility index (Phi) is 3.01. The average Bonchev–Trinajstić information content (AvgIpc) is 2.10. The Hall–Kier alpha value is -1.13. The van der Waals surface area contributed by atoms with Crippen LogP contribution in [-0.4, -0.2) is 23.7 Å². The molecule has 1 heterocycles. The zero-order valence-electron chi connectivity index (χ0n) is 6.99. The number of aliphatic hydroxyl groups is 1. The molecule has 0 saturated heterocycles. The molecule has 1 rings (SSSR count). The van der Waals surface area contributed by atoms with Gasteiger partial charge in [-0.1, -0.05) is 0 Å². The van der Waals surface area contributed by atoms with Crippen LogP contribution < -0.4 is 11.1 Å². The van der Waals surface area contributed by atoms with Gasteiger partial charge in [0.15, 0.2) is 0 Å². The van der Waals surface area contributed by atoms with Crippen molar-refractivity contribution in [2.45, 2.75) is 6.04 Å². The van der Waals surface area contributed by atoms with Gasteiger partial charge in [-0.15, -0.1) is 0 Å². The van der Waals surface area contributed by atoms with E-state index in [0.717, 1.165) is 5.56 Å². The Bertz CT molecular complexity index is 248. The first-order chi connectivity index (χ1) is 5.79. The number of nitrogens with zero attached hydrogens (tertiary/aromatic N) is 1. The molecule has 1 aromatic rings. The van der Waals surface area contributed by atoms with Gasteiger partial charge in [-0.05, 0) is 13.1 Å². The van der Waals surface area contributed by atoms with Gasteiger partial charge in [0.2, 0.25) is 0 Å². The third-order valence-corrected chi connectivity index (χ3v) is 1.79. The molecule has 0 aliphatic rings. The summed E-state index contributed by atoms with van der Waals surface area (Å²) in [4.78, 5) is 3.93. The first-order valence-corrected chi connectivity index (χ1v) is 3.77. The van der Waals surface area contributed by atoms with Crippen LogP contribution in [0.4, 0.5) is 5.69 Å². The van der Waals surface area contributed by atoms with Gasteiger partial charge < -0.3 is 16.2 Å². The Balaban J connectivity index is 2.92. The smallest absolute Gasteiger partial charge is 0.0627 e. The fourth-order valence-electron chi connectivity index (χ4n) is 1.05. The Labute approximate surface area is 71.4 Å². The van der Waals surface area contributed by atoms with Gasteiger partial charge in [0.1, 0.15) is 0 Å². The molecule has 0 bridgehead atoms. The van der Waals surface area contributed by atoms with Crippen molar-refractivity contribution in [3.8, 4) is 0 Å². The Morgan fingerprint density at radius 2 is 2.50 bits per heavy atom. The minimum atomic E-state index is -0.126. The second kappa shape index (κ2) is 4.04. The highest BCUT2D eigenvalue weighted by atomic mass is 16.3. The summed E-state index contributed by atoms with van der Waals surface area (Å²) in [6.07, 6.45) is 3.29. The van der Waals surface area contributed by atoms with Crippen molar-refractivity contribution >= 4 is 5.69 Å². The fourth-order valence-corrected chi connectivity index (χ4v) is 1.05. The minimum absolute atomic E-state index is 0.0202. The number of hydrogen-bond acceptors (Lipinski definition) is 4. The van der Waals surface area contributed by atoms with E-state index in [0.29, 0.717) is 5.69 Å². The van der Waals surface area contributed by atoms with E-state index in [1.165, 1.54) is 0 Å². The molecule has 0 aliphatic heterocycles. The predicted molar refractivity (Wildman–Crippen MR) is 47.5 cm³/mol. The molecule has 4 N–H and O–H groups in total. The molecule has 0 aromatic carbocycles. The molecular formula is C8H13N3O. The molecule has 0 spiro atoms. The summed E-state index contributed by atoms with van der Waals surface area (Å²) in [6, 6.07) is 1.59. The van der Waals surface area contributed by atoms with Crippen molar-refractivity contribution in [2.24, 2.45) is 0 Å². The van der Waals surface area contributed by atoms with Crippen LogP contribution in [0.3, 0.4) is 0 Å². The predicted octanol–water partition coefficient (Wildman–Crippen LogP) is -0.0834. The van der Waals surface area contributed by atoms with Crippen molar-refractivity contribution < 1.29 is 5.11 Å². The fraction of sp³-hybridized carbons (Fsp3) is 0.375. The number of hydrogen-bond donors (Lipinski definition) is 3. The maximum absolute atomic E-state index is 8.96. The molecular weight excluding hydrogens is 154 g/mol. The highest BCUT2D eigenvalue weighted by Crippen LogP contribution is 2.17. The Morgan fingerprint density at radius 3 is 3.00 bits per heavy atom. The molecule has 0 amide bonds.